The number of hydrogen-bond donors (Lipinski definition) is 2. The molecule has 0 amide bonds. The number of aliphatic carboxylic acids is 1. The Balaban J connectivity index is 2.16. The first-order valence-corrected chi connectivity index (χ1v) is 6.46. The summed E-state index contributed by atoms with van der Waals surface area (Å²) in [5.41, 5.74) is 2.80. The molecule has 3 nitrogen and oxygen atoms in total. The highest BCUT2D eigenvalue weighted by Gasteiger charge is 2.39. The summed E-state index contributed by atoms with van der Waals surface area (Å²) in [5.74, 6) is -0.862. The molecule has 1 saturated carbocycles. The molecule has 94 valence electrons. The zero-order valence-corrected chi connectivity index (χ0v) is 10.8. The maximum absolute atomic E-state index is 11.4. The number of carboxylic acid groups (broad SMARTS) is 1. The summed E-state index contributed by atoms with van der Waals surface area (Å²) < 4.78 is 0. The first-order chi connectivity index (χ1) is 8.58. The molecule has 1 aromatic heterocycles. The molecule has 4 heteroatoms. The monoisotopic (exact) mass is 263 g/mol. The lowest BCUT2D eigenvalue weighted by atomic mass is 9.96. The number of hydrogen-bond acceptors (Lipinski definition) is 1. The van der Waals surface area contributed by atoms with Crippen LogP contribution in [0.2, 0.25) is 5.02 Å². The second-order valence-electron chi connectivity index (χ2n) is 5.01. The highest BCUT2D eigenvalue weighted by molar-refractivity contribution is 6.31. The van der Waals surface area contributed by atoms with E-state index in [1.807, 2.05) is 25.1 Å². The molecule has 3 rings (SSSR count). The Hall–Kier alpha value is -1.48. The third-order valence-electron chi connectivity index (χ3n) is 3.73. The Morgan fingerprint density at radius 1 is 1.50 bits per heavy atom. The summed E-state index contributed by atoms with van der Waals surface area (Å²) in [7, 11) is 0. The lowest BCUT2D eigenvalue weighted by Gasteiger charge is -2.10. The summed E-state index contributed by atoms with van der Waals surface area (Å²) in [6.07, 6.45) is 2.01. The van der Waals surface area contributed by atoms with Crippen LogP contribution in [-0.4, -0.2) is 16.1 Å². The molecule has 2 N–H and O–H groups in total. The van der Waals surface area contributed by atoms with Gasteiger partial charge in [0.1, 0.15) is 0 Å². The molecule has 1 aliphatic rings. The lowest BCUT2D eigenvalue weighted by Crippen LogP contribution is -2.15. The topological polar surface area (TPSA) is 53.1 Å². The van der Waals surface area contributed by atoms with Gasteiger partial charge in [-0.2, -0.15) is 0 Å². The second kappa shape index (κ2) is 4.02. The molecular weight excluding hydrogens is 250 g/mol. The molecule has 18 heavy (non-hydrogen) atoms. The van der Waals surface area contributed by atoms with E-state index in [-0.39, 0.29) is 5.92 Å². The van der Waals surface area contributed by atoms with Crippen molar-refractivity contribution in [1.29, 1.82) is 0 Å². The van der Waals surface area contributed by atoms with Gasteiger partial charge in [0.05, 0.1) is 5.92 Å². The van der Waals surface area contributed by atoms with Crippen molar-refractivity contribution in [2.24, 2.45) is 5.92 Å². The van der Waals surface area contributed by atoms with E-state index in [1.165, 1.54) is 0 Å². The Bertz CT molecular complexity index is 628. The van der Waals surface area contributed by atoms with Crippen LogP contribution in [0.25, 0.3) is 10.9 Å². The molecule has 0 aliphatic heterocycles. The summed E-state index contributed by atoms with van der Waals surface area (Å²) >= 11 is 5.99. The Morgan fingerprint density at radius 3 is 2.83 bits per heavy atom. The van der Waals surface area contributed by atoms with Crippen LogP contribution in [0.4, 0.5) is 0 Å². The van der Waals surface area contributed by atoms with Crippen molar-refractivity contribution in [1.82, 2.24) is 4.98 Å². The molecule has 1 aliphatic carbocycles. The Kier molecular flexibility index (Phi) is 2.59. The molecule has 0 radical (unpaired) electrons. The van der Waals surface area contributed by atoms with Crippen LogP contribution in [0.1, 0.15) is 30.0 Å². The van der Waals surface area contributed by atoms with Crippen LogP contribution in [0.15, 0.2) is 18.2 Å². The summed E-state index contributed by atoms with van der Waals surface area (Å²) in [6.45, 7) is 1.96. The van der Waals surface area contributed by atoms with Gasteiger partial charge in [-0.1, -0.05) is 11.6 Å². The molecule has 1 aromatic carbocycles. The molecule has 1 heterocycles. The molecule has 0 saturated heterocycles. The van der Waals surface area contributed by atoms with E-state index in [0.29, 0.717) is 5.02 Å². The van der Waals surface area contributed by atoms with Crippen LogP contribution >= 0.6 is 11.6 Å². The minimum atomic E-state index is -0.738. The van der Waals surface area contributed by atoms with E-state index in [0.717, 1.165) is 35.0 Å². The number of halogens is 1. The molecule has 0 spiro atoms. The van der Waals surface area contributed by atoms with Gasteiger partial charge in [-0.15, -0.1) is 0 Å². The van der Waals surface area contributed by atoms with Crippen LogP contribution in [0.5, 0.6) is 0 Å². The van der Waals surface area contributed by atoms with Crippen LogP contribution in [-0.2, 0) is 4.79 Å². The number of benzene rings is 1. The fourth-order valence-corrected chi connectivity index (χ4v) is 2.79. The van der Waals surface area contributed by atoms with Gasteiger partial charge in [0.25, 0.3) is 0 Å². The van der Waals surface area contributed by atoms with Crippen molar-refractivity contribution in [3.63, 3.8) is 0 Å². The molecule has 2 aromatic rings. The third kappa shape index (κ3) is 1.79. The smallest absolute Gasteiger partial charge is 0.312 e. The first-order valence-electron chi connectivity index (χ1n) is 6.08. The van der Waals surface area contributed by atoms with Gasteiger partial charge < -0.3 is 10.1 Å². The van der Waals surface area contributed by atoms with Crippen molar-refractivity contribution in [2.75, 3.05) is 0 Å². The number of aromatic nitrogens is 1. The van der Waals surface area contributed by atoms with Crippen LogP contribution in [0, 0.1) is 12.8 Å². The third-order valence-corrected chi connectivity index (χ3v) is 3.96. The number of aromatic amines is 1. The predicted molar refractivity (Wildman–Crippen MR) is 71.1 cm³/mol. The van der Waals surface area contributed by atoms with Gasteiger partial charge in [0, 0.05) is 21.6 Å². The van der Waals surface area contributed by atoms with E-state index in [4.69, 9.17) is 11.6 Å². The maximum Gasteiger partial charge on any atom is 0.312 e. The van der Waals surface area contributed by atoms with E-state index < -0.39 is 11.9 Å². The van der Waals surface area contributed by atoms with Gasteiger partial charge in [0.2, 0.25) is 0 Å². The van der Waals surface area contributed by atoms with E-state index in [1.54, 1.807) is 0 Å². The predicted octanol–water partition coefficient (Wildman–Crippen LogP) is 3.71. The zero-order valence-electron chi connectivity index (χ0n) is 10.0. The van der Waals surface area contributed by atoms with Crippen molar-refractivity contribution in [3.8, 4) is 0 Å². The number of rotatable bonds is 3. The number of nitrogens with one attached hydrogen (secondary N) is 1. The summed E-state index contributed by atoms with van der Waals surface area (Å²) in [6, 6.07) is 5.61. The number of aryl methyl sites for hydroxylation is 1. The number of fused-ring (bicyclic) bond motifs is 1. The Labute approximate surface area is 110 Å². The van der Waals surface area contributed by atoms with Gasteiger partial charge >= 0.3 is 5.97 Å². The van der Waals surface area contributed by atoms with Gasteiger partial charge in [-0.3, -0.25) is 4.79 Å². The minimum absolute atomic E-state index is 0.282. The molecule has 0 bridgehead atoms. The average molecular weight is 264 g/mol. The number of carbonyl (C=O) groups is 1. The number of carboxylic acids is 1. The Morgan fingerprint density at radius 2 is 2.22 bits per heavy atom. The van der Waals surface area contributed by atoms with Gasteiger partial charge in [-0.25, -0.2) is 0 Å². The molecule has 1 atom stereocenters. The van der Waals surface area contributed by atoms with Crippen molar-refractivity contribution >= 4 is 28.5 Å². The average Bonchev–Trinajstić information content (AvgIpc) is 3.08. The number of H-pyrrole nitrogens is 1. The van der Waals surface area contributed by atoms with Gasteiger partial charge in [0.15, 0.2) is 0 Å². The van der Waals surface area contributed by atoms with Crippen LogP contribution in [0.3, 0.4) is 0 Å². The largest absolute Gasteiger partial charge is 0.481 e. The molecular formula is C14H14ClNO2. The van der Waals surface area contributed by atoms with Crippen molar-refractivity contribution < 1.29 is 9.90 Å². The SMILES string of the molecule is Cc1c(C(C(=O)O)C2CC2)[nH]c2ccc(Cl)cc12. The van der Waals surface area contributed by atoms with E-state index in [2.05, 4.69) is 4.98 Å². The highest BCUT2D eigenvalue weighted by atomic mass is 35.5. The fraction of sp³-hybridized carbons (Fsp3) is 0.357. The lowest BCUT2D eigenvalue weighted by molar-refractivity contribution is -0.139. The minimum Gasteiger partial charge on any atom is -0.481 e. The quantitative estimate of drug-likeness (QED) is 0.887. The molecule has 1 fully saturated rings. The van der Waals surface area contributed by atoms with Crippen molar-refractivity contribution in [3.05, 3.63) is 34.5 Å². The van der Waals surface area contributed by atoms with E-state index >= 15 is 0 Å². The summed E-state index contributed by atoms with van der Waals surface area (Å²) in [5, 5.41) is 11.1. The van der Waals surface area contributed by atoms with Gasteiger partial charge in [-0.05, 0) is 49.4 Å². The first kappa shape index (κ1) is 11.6. The normalized spacial score (nSPS) is 17.0. The maximum atomic E-state index is 11.4. The molecule has 1 unspecified atom stereocenters. The van der Waals surface area contributed by atoms with E-state index in [9.17, 15) is 9.90 Å². The summed E-state index contributed by atoms with van der Waals surface area (Å²) in [4.78, 5) is 14.7. The standard InChI is InChI=1S/C14H14ClNO2/c1-7-10-6-9(15)4-5-11(10)16-13(7)12(14(17)18)8-2-3-8/h4-6,8,12,16H,2-3H2,1H3,(H,17,18). The van der Waals surface area contributed by atoms with Crippen molar-refractivity contribution in [2.45, 2.75) is 25.7 Å². The second-order valence-corrected chi connectivity index (χ2v) is 5.44. The zero-order chi connectivity index (χ0) is 12.9. The fourth-order valence-electron chi connectivity index (χ4n) is 2.62. The highest BCUT2D eigenvalue weighted by Crippen LogP contribution is 2.44. The van der Waals surface area contributed by atoms with Crippen LogP contribution < -0.4 is 0 Å².